The van der Waals surface area contributed by atoms with Gasteiger partial charge in [-0.25, -0.2) is 4.98 Å². The van der Waals surface area contributed by atoms with Gasteiger partial charge in [-0.3, -0.25) is 10.1 Å². The summed E-state index contributed by atoms with van der Waals surface area (Å²) in [4.78, 5) is 18.5. The Bertz CT molecular complexity index is 387. The fraction of sp³-hybridized carbons (Fsp3) is 0.600. The topological polar surface area (TPSA) is 81.0 Å². The number of thioether (sulfide) groups is 1. The lowest BCUT2D eigenvalue weighted by Gasteiger charge is -2.05. The highest BCUT2D eigenvalue weighted by molar-refractivity contribution is 7.99. The largest absolute Gasteiger partial charge is 0.354 e. The summed E-state index contributed by atoms with van der Waals surface area (Å²) in [5.41, 5.74) is -0.0227. The summed E-state index contributed by atoms with van der Waals surface area (Å²) >= 11 is 1.39. The highest BCUT2D eigenvalue weighted by atomic mass is 32.2. The first-order valence-electron chi connectivity index (χ1n) is 5.57. The van der Waals surface area contributed by atoms with Crippen molar-refractivity contribution in [2.75, 3.05) is 17.6 Å². The molecule has 0 aliphatic carbocycles. The van der Waals surface area contributed by atoms with Gasteiger partial charge in [-0.15, -0.1) is 0 Å². The molecule has 0 fully saturated rings. The first-order valence-corrected chi connectivity index (χ1v) is 6.55. The van der Waals surface area contributed by atoms with E-state index in [2.05, 4.69) is 15.3 Å². The Morgan fingerprint density at radius 3 is 2.82 bits per heavy atom. The third kappa shape index (κ3) is 4.18. The van der Waals surface area contributed by atoms with E-state index >= 15 is 0 Å². The molecule has 0 aliphatic rings. The molecule has 17 heavy (non-hydrogen) atoms. The molecular formula is C10H16N4O2S. The van der Waals surface area contributed by atoms with E-state index in [0.29, 0.717) is 11.0 Å². The van der Waals surface area contributed by atoms with E-state index in [-0.39, 0.29) is 5.69 Å². The minimum absolute atomic E-state index is 0.0227. The number of nitro groups is 1. The van der Waals surface area contributed by atoms with Gasteiger partial charge < -0.3 is 5.32 Å². The van der Waals surface area contributed by atoms with E-state index in [1.165, 1.54) is 18.0 Å². The van der Waals surface area contributed by atoms with Gasteiger partial charge in [0.05, 0.1) is 4.92 Å². The van der Waals surface area contributed by atoms with E-state index in [9.17, 15) is 10.1 Å². The molecule has 0 radical (unpaired) electrons. The zero-order chi connectivity index (χ0) is 12.7. The molecule has 0 unspecified atom stereocenters. The Morgan fingerprint density at radius 1 is 1.47 bits per heavy atom. The highest BCUT2D eigenvalue weighted by Gasteiger charge is 2.17. The molecule has 94 valence electrons. The Hall–Kier alpha value is -1.37. The van der Waals surface area contributed by atoms with Gasteiger partial charge in [0.2, 0.25) is 5.95 Å². The van der Waals surface area contributed by atoms with Crippen LogP contribution in [0, 0.1) is 10.1 Å². The molecule has 1 aromatic rings. The second-order valence-corrected chi connectivity index (χ2v) is 4.50. The molecule has 7 heteroatoms. The molecule has 0 saturated carbocycles. The number of aromatic nitrogens is 2. The number of hydrogen-bond donors (Lipinski definition) is 1. The second kappa shape index (κ2) is 7.05. The van der Waals surface area contributed by atoms with E-state index in [0.717, 1.165) is 25.1 Å². The van der Waals surface area contributed by atoms with Crippen LogP contribution in [0.15, 0.2) is 11.2 Å². The molecule has 0 amide bonds. The Kier molecular flexibility index (Phi) is 5.68. The van der Waals surface area contributed by atoms with Crippen LogP contribution in [0.2, 0.25) is 0 Å². The number of nitrogens with zero attached hydrogens (tertiary/aromatic N) is 3. The van der Waals surface area contributed by atoms with Crippen molar-refractivity contribution < 1.29 is 4.92 Å². The molecule has 1 rings (SSSR count). The van der Waals surface area contributed by atoms with E-state index in [1.807, 2.05) is 13.8 Å². The van der Waals surface area contributed by atoms with Crippen LogP contribution in [0.5, 0.6) is 0 Å². The summed E-state index contributed by atoms with van der Waals surface area (Å²) in [5.74, 6) is 1.27. The van der Waals surface area contributed by atoms with E-state index < -0.39 is 4.92 Å². The van der Waals surface area contributed by atoms with Crippen LogP contribution in [-0.2, 0) is 0 Å². The lowest BCUT2D eigenvalue weighted by atomic mass is 10.5. The molecule has 0 aromatic carbocycles. The summed E-state index contributed by atoms with van der Waals surface area (Å²) in [7, 11) is 0. The van der Waals surface area contributed by atoms with Crippen molar-refractivity contribution in [1.82, 2.24) is 9.97 Å². The molecule has 0 bridgehead atoms. The van der Waals surface area contributed by atoms with Gasteiger partial charge >= 0.3 is 5.69 Å². The molecule has 0 aliphatic heterocycles. The van der Waals surface area contributed by atoms with Crippen LogP contribution >= 0.6 is 11.8 Å². The van der Waals surface area contributed by atoms with Crippen LogP contribution in [0.25, 0.3) is 0 Å². The standard InChI is InChI=1S/C10H16N4O2S/c1-3-5-11-10-12-7-8(14(15)16)9(13-10)17-6-4-2/h7H,3-6H2,1-2H3,(H,11,12,13). The lowest BCUT2D eigenvalue weighted by molar-refractivity contribution is -0.388. The lowest BCUT2D eigenvalue weighted by Crippen LogP contribution is -2.06. The summed E-state index contributed by atoms with van der Waals surface area (Å²) in [6, 6.07) is 0. The molecule has 0 saturated heterocycles. The first kappa shape index (κ1) is 13.7. The predicted molar refractivity (Wildman–Crippen MR) is 68.5 cm³/mol. The third-order valence-corrected chi connectivity index (χ3v) is 3.09. The molecule has 0 atom stereocenters. The third-order valence-electron chi connectivity index (χ3n) is 1.91. The second-order valence-electron chi connectivity index (χ2n) is 3.42. The van der Waals surface area contributed by atoms with Crippen molar-refractivity contribution >= 4 is 23.4 Å². The summed E-state index contributed by atoms with van der Waals surface area (Å²) < 4.78 is 0. The van der Waals surface area contributed by atoms with Crippen molar-refractivity contribution in [3.05, 3.63) is 16.3 Å². The van der Waals surface area contributed by atoms with Crippen molar-refractivity contribution in [2.24, 2.45) is 0 Å². The van der Waals surface area contributed by atoms with Gasteiger partial charge in [0.1, 0.15) is 6.20 Å². The number of nitrogens with one attached hydrogen (secondary N) is 1. The monoisotopic (exact) mass is 256 g/mol. The summed E-state index contributed by atoms with van der Waals surface area (Å²) in [6.45, 7) is 4.82. The summed E-state index contributed by atoms with van der Waals surface area (Å²) in [5, 5.41) is 14.3. The van der Waals surface area contributed by atoms with E-state index in [4.69, 9.17) is 0 Å². The molecule has 6 nitrogen and oxygen atoms in total. The minimum Gasteiger partial charge on any atom is -0.354 e. The van der Waals surface area contributed by atoms with Crippen LogP contribution in [0.3, 0.4) is 0 Å². The van der Waals surface area contributed by atoms with Crippen LogP contribution in [-0.4, -0.2) is 27.2 Å². The number of hydrogen-bond acceptors (Lipinski definition) is 6. The van der Waals surface area contributed by atoms with Gasteiger partial charge in [0.25, 0.3) is 0 Å². The minimum atomic E-state index is -0.443. The van der Waals surface area contributed by atoms with Crippen molar-refractivity contribution in [3.8, 4) is 0 Å². The predicted octanol–water partition coefficient (Wildman–Crippen LogP) is 2.71. The van der Waals surface area contributed by atoms with Crippen molar-refractivity contribution in [2.45, 2.75) is 31.7 Å². The van der Waals surface area contributed by atoms with Crippen LogP contribution in [0.1, 0.15) is 26.7 Å². The Labute approximate surface area is 104 Å². The first-order chi connectivity index (χ1) is 8.19. The zero-order valence-corrected chi connectivity index (χ0v) is 10.8. The summed E-state index contributed by atoms with van der Waals surface area (Å²) in [6.07, 6.45) is 3.17. The molecular weight excluding hydrogens is 240 g/mol. The fourth-order valence-corrected chi connectivity index (χ4v) is 1.94. The SMILES string of the molecule is CCCNc1ncc([N+](=O)[O-])c(SCCC)n1. The smallest absolute Gasteiger partial charge is 0.319 e. The molecule has 0 spiro atoms. The van der Waals surface area contributed by atoms with Gasteiger partial charge in [-0.2, -0.15) is 4.98 Å². The van der Waals surface area contributed by atoms with Gasteiger partial charge in [-0.1, -0.05) is 25.6 Å². The Morgan fingerprint density at radius 2 is 2.24 bits per heavy atom. The van der Waals surface area contributed by atoms with Gasteiger partial charge in [0.15, 0.2) is 5.03 Å². The molecule has 1 aromatic heterocycles. The van der Waals surface area contributed by atoms with Crippen molar-refractivity contribution in [3.63, 3.8) is 0 Å². The molecule has 1 N–H and O–H groups in total. The number of anilines is 1. The fourth-order valence-electron chi connectivity index (χ4n) is 1.11. The van der Waals surface area contributed by atoms with E-state index in [1.54, 1.807) is 0 Å². The van der Waals surface area contributed by atoms with Crippen LogP contribution < -0.4 is 5.32 Å². The quantitative estimate of drug-likeness (QED) is 0.349. The van der Waals surface area contributed by atoms with Gasteiger partial charge in [0, 0.05) is 6.54 Å². The normalized spacial score (nSPS) is 10.2. The number of rotatable bonds is 7. The van der Waals surface area contributed by atoms with Gasteiger partial charge in [-0.05, 0) is 18.6 Å². The average molecular weight is 256 g/mol. The van der Waals surface area contributed by atoms with Crippen molar-refractivity contribution in [1.29, 1.82) is 0 Å². The zero-order valence-electron chi connectivity index (χ0n) is 9.97. The average Bonchev–Trinajstić information content (AvgIpc) is 2.33. The highest BCUT2D eigenvalue weighted by Crippen LogP contribution is 2.27. The maximum Gasteiger partial charge on any atom is 0.319 e. The maximum absolute atomic E-state index is 10.8. The van der Waals surface area contributed by atoms with Crippen LogP contribution in [0.4, 0.5) is 11.6 Å². The maximum atomic E-state index is 10.8. The molecule has 1 heterocycles. The Balaban J connectivity index is 2.88.